The Balaban J connectivity index is -0.000000410. The molecule has 0 aliphatic carbocycles. The second kappa shape index (κ2) is 39.9. The van der Waals surface area contributed by atoms with Crippen LogP contribution in [0.1, 0.15) is 142 Å². The summed E-state index contributed by atoms with van der Waals surface area (Å²) in [6.07, 6.45) is 28.4. The molecule has 0 aromatic rings. The van der Waals surface area contributed by atoms with Gasteiger partial charge in [-0.2, -0.15) is 25.3 Å². The van der Waals surface area contributed by atoms with Gasteiger partial charge < -0.3 is 0 Å². The first-order chi connectivity index (χ1) is 14.2. The van der Waals surface area contributed by atoms with E-state index in [0.717, 1.165) is 11.5 Å². The van der Waals surface area contributed by atoms with Crippen LogP contribution in [0.5, 0.6) is 0 Å². The molecule has 0 fully saturated rings. The molecule has 0 aromatic heterocycles. The summed E-state index contributed by atoms with van der Waals surface area (Å²) in [5, 5.41) is 0. The average Bonchev–Trinajstić information content (AvgIpc) is 2.72. The van der Waals surface area contributed by atoms with E-state index < -0.39 is 0 Å². The fraction of sp³-hybridized carbons (Fsp3) is 1.00. The molecule has 0 aromatic carbocycles. The minimum atomic E-state index is 0.230. The molecule has 178 valence electrons. The van der Waals surface area contributed by atoms with Gasteiger partial charge in [-0.05, 0) is 24.3 Å². The van der Waals surface area contributed by atoms with Gasteiger partial charge in [0.25, 0.3) is 0 Å². The molecule has 0 rings (SSSR count). The summed E-state index contributed by atoms with van der Waals surface area (Å²) in [5.74, 6) is 2.13. The average molecular weight is 554 g/mol. The van der Waals surface area contributed by atoms with Crippen molar-refractivity contribution in [3.8, 4) is 0 Å². The standard InChI is InChI=1S/2C12H26S.2CH3.Sn/c2*1-2-3-4-5-6-7-8-9-10-11-12-13;;;/h2*13H,2-12H2,1H3;2*1H3;. The van der Waals surface area contributed by atoms with Gasteiger partial charge in [-0.3, -0.25) is 0 Å². The van der Waals surface area contributed by atoms with Gasteiger partial charge in [0.05, 0.1) is 0 Å². The number of hydrogen-bond acceptors (Lipinski definition) is 2. The second-order valence-electron chi connectivity index (χ2n) is 8.31. The molecule has 0 amide bonds. The molecule has 3 heteroatoms. The SMILES string of the molecule is CCCCCCCCCCCCS.CCCCCCCCCCCCS.[CH3][Sn][CH3]. The Hall–Kier alpha value is 1.50. The van der Waals surface area contributed by atoms with E-state index in [1.165, 1.54) is 128 Å². The van der Waals surface area contributed by atoms with Crippen molar-refractivity contribution in [1.82, 2.24) is 0 Å². The monoisotopic (exact) mass is 554 g/mol. The van der Waals surface area contributed by atoms with Crippen LogP contribution >= 0.6 is 25.3 Å². The third-order valence-electron chi connectivity index (χ3n) is 5.02. The first-order valence-corrected chi connectivity index (χ1v) is 20.0. The maximum atomic E-state index is 4.20. The zero-order chi connectivity index (χ0) is 22.3. The molecule has 0 aliphatic rings. The Morgan fingerprint density at radius 3 is 0.724 bits per heavy atom. The summed E-state index contributed by atoms with van der Waals surface area (Å²) < 4.78 is 0. The summed E-state index contributed by atoms with van der Waals surface area (Å²) in [4.78, 5) is 4.59. The minimum absolute atomic E-state index is 0.230. The predicted molar refractivity (Wildman–Crippen MR) is 149 cm³/mol. The Morgan fingerprint density at radius 2 is 0.552 bits per heavy atom. The molecule has 0 aliphatic heterocycles. The van der Waals surface area contributed by atoms with E-state index in [1.54, 1.807) is 0 Å². The molecule has 0 atom stereocenters. The van der Waals surface area contributed by atoms with Crippen LogP contribution in [0.2, 0.25) is 9.88 Å². The van der Waals surface area contributed by atoms with Crippen molar-refractivity contribution in [2.24, 2.45) is 0 Å². The molecule has 29 heavy (non-hydrogen) atoms. The summed E-state index contributed by atoms with van der Waals surface area (Å²) in [6, 6.07) is 0. The van der Waals surface area contributed by atoms with E-state index in [2.05, 4.69) is 49.0 Å². The van der Waals surface area contributed by atoms with Crippen LogP contribution in [0.4, 0.5) is 0 Å². The Kier molecular flexibility index (Phi) is 48.3. The topological polar surface area (TPSA) is 0 Å². The van der Waals surface area contributed by atoms with Gasteiger partial charge in [0, 0.05) is 0 Å². The number of hydrogen-bond donors (Lipinski definition) is 2. The van der Waals surface area contributed by atoms with Crippen LogP contribution in [0.25, 0.3) is 0 Å². The second-order valence-corrected chi connectivity index (χ2v) is 12.1. The molecule has 0 bridgehead atoms. The Labute approximate surface area is 209 Å². The molecule has 0 N–H and O–H groups in total. The van der Waals surface area contributed by atoms with E-state index in [-0.39, 0.29) is 21.1 Å². The van der Waals surface area contributed by atoms with Crippen molar-refractivity contribution in [3.63, 3.8) is 0 Å². The molecule has 0 saturated heterocycles. The molecule has 2 radical (unpaired) electrons. The molecule has 0 unspecified atom stereocenters. The number of thiol groups is 2. The van der Waals surface area contributed by atoms with Crippen molar-refractivity contribution >= 4 is 46.4 Å². The van der Waals surface area contributed by atoms with Crippen LogP contribution in [0, 0.1) is 0 Å². The van der Waals surface area contributed by atoms with Crippen molar-refractivity contribution < 1.29 is 0 Å². The van der Waals surface area contributed by atoms with Gasteiger partial charge in [0.15, 0.2) is 0 Å². The zero-order valence-electron chi connectivity index (χ0n) is 21.0. The van der Waals surface area contributed by atoms with Crippen LogP contribution in [0.3, 0.4) is 0 Å². The Bertz CT molecular complexity index is 183. The fourth-order valence-corrected chi connectivity index (χ4v) is 3.65. The molecule has 0 saturated carbocycles. The molecular formula is C26H58S2Sn. The van der Waals surface area contributed by atoms with Gasteiger partial charge in [-0.25, -0.2) is 0 Å². The quantitative estimate of drug-likeness (QED) is 0.0836. The molecule has 0 heterocycles. The normalized spacial score (nSPS) is 10.1. The van der Waals surface area contributed by atoms with Crippen molar-refractivity contribution in [1.29, 1.82) is 0 Å². The molecular weight excluding hydrogens is 495 g/mol. The first kappa shape index (κ1) is 35.1. The summed E-state index contributed by atoms with van der Waals surface area (Å²) in [6.45, 7) is 4.55. The third-order valence-corrected chi connectivity index (χ3v) is 5.66. The van der Waals surface area contributed by atoms with Crippen molar-refractivity contribution in [2.45, 2.75) is 152 Å². The van der Waals surface area contributed by atoms with Crippen LogP contribution in [-0.4, -0.2) is 32.6 Å². The van der Waals surface area contributed by atoms with Crippen molar-refractivity contribution in [3.05, 3.63) is 0 Å². The fourth-order valence-electron chi connectivity index (χ4n) is 3.20. The van der Waals surface area contributed by atoms with Gasteiger partial charge in [-0.15, -0.1) is 0 Å². The van der Waals surface area contributed by atoms with Gasteiger partial charge in [0.1, 0.15) is 0 Å². The van der Waals surface area contributed by atoms with E-state index in [1.807, 2.05) is 0 Å². The van der Waals surface area contributed by atoms with Gasteiger partial charge in [-0.1, -0.05) is 129 Å². The summed E-state index contributed by atoms with van der Waals surface area (Å²) in [7, 11) is 0. The summed E-state index contributed by atoms with van der Waals surface area (Å²) in [5.41, 5.74) is 0. The number of unbranched alkanes of at least 4 members (excludes halogenated alkanes) is 18. The molecule has 0 nitrogen and oxygen atoms in total. The summed E-state index contributed by atoms with van der Waals surface area (Å²) >= 11 is 8.63. The van der Waals surface area contributed by atoms with E-state index in [0.29, 0.717) is 0 Å². The number of rotatable bonds is 20. The van der Waals surface area contributed by atoms with E-state index >= 15 is 0 Å². The van der Waals surface area contributed by atoms with Crippen molar-refractivity contribution in [2.75, 3.05) is 11.5 Å². The first-order valence-electron chi connectivity index (χ1n) is 13.0. The van der Waals surface area contributed by atoms with E-state index in [9.17, 15) is 0 Å². The third kappa shape index (κ3) is 48.3. The van der Waals surface area contributed by atoms with Crippen LogP contribution in [0.15, 0.2) is 0 Å². The molecule has 0 spiro atoms. The predicted octanol–water partition coefficient (Wildman–Crippen LogP) is 10.5. The van der Waals surface area contributed by atoms with Gasteiger partial charge >= 0.3 is 31.0 Å². The Morgan fingerprint density at radius 1 is 0.379 bits per heavy atom. The van der Waals surface area contributed by atoms with Crippen LogP contribution < -0.4 is 0 Å². The van der Waals surface area contributed by atoms with E-state index in [4.69, 9.17) is 0 Å². The van der Waals surface area contributed by atoms with Crippen LogP contribution in [-0.2, 0) is 0 Å². The maximum absolute atomic E-state index is 4.20. The van der Waals surface area contributed by atoms with Gasteiger partial charge in [0.2, 0.25) is 0 Å². The zero-order valence-corrected chi connectivity index (χ0v) is 25.6.